The molecule has 1 atom stereocenters. The fourth-order valence-corrected chi connectivity index (χ4v) is 2.29. The number of nitrogens with two attached hydrogens (primary N) is 1. The number of carbonyl (C=O) groups is 2. The first-order valence-electron chi connectivity index (χ1n) is 7.60. The zero-order chi connectivity index (χ0) is 18.4. The molecule has 0 bridgehead atoms. The maximum absolute atomic E-state index is 13.9. The van der Waals surface area contributed by atoms with Gasteiger partial charge in [-0.1, -0.05) is 18.2 Å². The molecule has 0 saturated carbocycles. The van der Waals surface area contributed by atoms with Crippen LogP contribution in [0.1, 0.15) is 18.0 Å². The van der Waals surface area contributed by atoms with E-state index in [1.807, 2.05) is 19.0 Å². The van der Waals surface area contributed by atoms with Gasteiger partial charge >= 0.3 is 6.03 Å². The minimum atomic E-state index is -0.868. The topological polar surface area (TPSA) is 100 Å². The number of carbonyl (C=O) groups excluding carboxylic acids is 2. The lowest BCUT2D eigenvalue weighted by Gasteiger charge is -2.18. The van der Waals surface area contributed by atoms with Crippen LogP contribution < -0.4 is 21.3 Å². The molecule has 0 radical (unpaired) electrons. The van der Waals surface area contributed by atoms with E-state index in [-0.39, 0.29) is 12.0 Å². The van der Waals surface area contributed by atoms with E-state index in [4.69, 9.17) is 5.73 Å². The average Bonchev–Trinajstić information content (AvgIpc) is 2.54. The van der Waals surface area contributed by atoms with Gasteiger partial charge in [-0.25, -0.2) is 14.2 Å². The van der Waals surface area contributed by atoms with Crippen LogP contribution in [0.5, 0.6) is 0 Å². The number of rotatable bonds is 6. The summed E-state index contributed by atoms with van der Waals surface area (Å²) in [5.41, 5.74) is 5.83. The third-order valence-corrected chi connectivity index (χ3v) is 3.48. The Morgan fingerprint density at radius 3 is 2.52 bits per heavy atom. The van der Waals surface area contributed by atoms with Crippen LogP contribution in [0.15, 0.2) is 42.6 Å². The molecule has 8 heteroatoms. The number of amides is 3. The number of urea groups is 1. The highest BCUT2D eigenvalue weighted by Crippen LogP contribution is 2.21. The molecule has 4 N–H and O–H groups in total. The van der Waals surface area contributed by atoms with Crippen molar-refractivity contribution in [3.63, 3.8) is 0 Å². The van der Waals surface area contributed by atoms with E-state index in [0.717, 1.165) is 5.82 Å². The molecular formula is C17H20FN5O2. The summed E-state index contributed by atoms with van der Waals surface area (Å²) in [5, 5.41) is 5.06. The lowest BCUT2D eigenvalue weighted by molar-refractivity contribution is -0.116. The van der Waals surface area contributed by atoms with Gasteiger partial charge in [-0.2, -0.15) is 0 Å². The van der Waals surface area contributed by atoms with Crippen LogP contribution in [0.4, 0.5) is 20.7 Å². The monoisotopic (exact) mass is 345 g/mol. The Balaban J connectivity index is 2.09. The quantitative estimate of drug-likeness (QED) is 0.746. The smallest absolute Gasteiger partial charge is 0.312 e. The molecule has 0 aliphatic rings. The van der Waals surface area contributed by atoms with Gasteiger partial charge in [0.25, 0.3) is 0 Å². The Kier molecular flexibility index (Phi) is 5.89. The van der Waals surface area contributed by atoms with Gasteiger partial charge in [-0.05, 0) is 18.2 Å². The average molecular weight is 345 g/mol. The molecule has 3 amide bonds. The second kappa shape index (κ2) is 8.09. The van der Waals surface area contributed by atoms with Gasteiger partial charge < -0.3 is 21.3 Å². The number of pyridine rings is 1. The number of hydrogen-bond donors (Lipinski definition) is 3. The largest absolute Gasteiger partial charge is 0.363 e. The van der Waals surface area contributed by atoms with Crippen molar-refractivity contribution in [2.45, 2.75) is 12.5 Å². The maximum atomic E-state index is 13.9. The van der Waals surface area contributed by atoms with Crippen molar-refractivity contribution in [1.29, 1.82) is 0 Å². The van der Waals surface area contributed by atoms with Gasteiger partial charge in [0.15, 0.2) is 0 Å². The fraction of sp³-hybridized carbons (Fsp3) is 0.235. The van der Waals surface area contributed by atoms with E-state index in [1.54, 1.807) is 18.2 Å². The summed E-state index contributed by atoms with van der Waals surface area (Å²) in [6.45, 7) is 0. The van der Waals surface area contributed by atoms with Crippen molar-refractivity contribution in [2.24, 2.45) is 5.73 Å². The minimum absolute atomic E-state index is 0.167. The van der Waals surface area contributed by atoms with Crippen LogP contribution >= 0.6 is 0 Å². The fourth-order valence-electron chi connectivity index (χ4n) is 2.29. The number of primary amides is 1. The van der Waals surface area contributed by atoms with Gasteiger partial charge in [0, 0.05) is 19.7 Å². The van der Waals surface area contributed by atoms with Gasteiger partial charge in [0.2, 0.25) is 5.91 Å². The van der Waals surface area contributed by atoms with E-state index in [0.29, 0.717) is 5.69 Å². The molecule has 25 heavy (non-hydrogen) atoms. The van der Waals surface area contributed by atoms with E-state index in [9.17, 15) is 14.0 Å². The first kappa shape index (κ1) is 18.2. The predicted octanol–water partition coefficient (Wildman–Crippen LogP) is 2.02. The highest BCUT2D eigenvalue weighted by Gasteiger charge is 2.20. The third-order valence-electron chi connectivity index (χ3n) is 3.48. The third kappa shape index (κ3) is 5.17. The van der Waals surface area contributed by atoms with Crippen LogP contribution in [0, 0.1) is 5.82 Å². The zero-order valence-corrected chi connectivity index (χ0v) is 14.0. The van der Waals surface area contributed by atoms with Crippen LogP contribution in [0.2, 0.25) is 0 Å². The van der Waals surface area contributed by atoms with Gasteiger partial charge in [-0.3, -0.25) is 4.79 Å². The van der Waals surface area contributed by atoms with Crippen molar-refractivity contribution < 1.29 is 14.0 Å². The maximum Gasteiger partial charge on any atom is 0.312 e. The second-order valence-corrected chi connectivity index (χ2v) is 5.63. The molecule has 1 heterocycles. The molecule has 2 aromatic rings. The molecule has 0 spiro atoms. The molecule has 132 valence electrons. The molecule has 0 saturated heterocycles. The molecule has 0 fully saturated rings. The van der Waals surface area contributed by atoms with Crippen LogP contribution in [-0.2, 0) is 4.79 Å². The summed E-state index contributed by atoms with van der Waals surface area (Å²) in [4.78, 5) is 29.4. The zero-order valence-electron chi connectivity index (χ0n) is 14.0. The normalized spacial score (nSPS) is 11.5. The van der Waals surface area contributed by atoms with Crippen LogP contribution in [0.25, 0.3) is 0 Å². The Morgan fingerprint density at radius 2 is 1.96 bits per heavy atom. The Morgan fingerprint density at radius 1 is 1.24 bits per heavy atom. The Hall–Kier alpha value is -3.16. The second-order valence-electron chi connectivity index (χ2n) is 5.63. The van der Waals surface area contributed by atoms with Gasteiger partial charge in [0.1, 0.15) is 11.6 Å². The molecule has 7 nitrogen and oxygen atoms in total. The number of aromatic nitrogens is 1. The predicted molar refractivity (Wildman–Crippen MR) is 93.7 cm³/mol. The SMILES string of the molecule is CN(C)c1ccc(NC(=O)CC(NC(N)=O)c2ccccc2F)cn1. The molecule has 1 aromatic carbocycles. The number of nitrogens with one attached hydrogen (secondary N) is 2. The molecule has 0 aliphatic carbocycles. The van der Waals surface area contributed by atoms with Crippen LogP contribution in [-0.4, -0.2) is 31.0 Å². The first-order valence-corrected chi connectivity index (χ1v) is 7.60. The van der Waals surface area contributed by atoms with Gasteiger partial charge in [-0.15, -0.1) is 0 Å². The molecule has 1 unspecified atom stereocenters. The lowest BCUT2D eigenvalue weighted by atomic mass is 10.0. The summed E-state index contributed by atoms with van der Waals surface area (Å²) in [6, 6.07) is 7.66. The molecule has 1 aromatic heterocycles. The van der Waals surface area contributed by atoms with Crippen LogP contribution in [0.3, 0.4) is 0 Å². The molecule has 2 rings (SSSR count). The lowest BCUT2D eigenvalue weighted by Crippen LogP contribution is -2.35. The van der Waals surface area contributed by atoms with Crippen molar-refractivity contribution in [3.8, 4) is 0 Å². The summed E-state index contributed by atoms with van der Waals surface area (Å²) in [7, 11) is 3.71. The number of benzene rings is 1. The molecule has 0 aliphatic heterocycles. The van der Waals surface area contributed by atoms with Crippen molar-refractivity contribution in [2.75, 3.05) is 24.3 Å². The van der Waals surface area contributed by atoms with E-state index in [2.05, 4.69) is 15.6 Å². The molecular weight excluding hydrogens is 325 g/mol. The number of hydrogen-bond acceptors (Lipinski definition) is 4. The minimum Gasteiger partial charge on any atom is -0.363 e. The summed E-state index contributed by atoms with van der Waals surface area (Å²) >= 11 is 0. The van der Waals surface area contributed by atoms with E-state index < -0.39 is 23.8 Å². The van der Waals surface area contributed by atoms with Gasteiger partial charge in [0.05, 0.1) is 24.3 Å². The highest BCUT2D eigenvalue weighted by atomic mass is 19.1. The van der Waals surface area contributed by atoms with Crippen molar-refractivity contribution in [3.05, 3.63) is 54.0 Å². The standard InChI is InChI=1S/C17H20FN5O2/c1-23(2)15-8-7-11(10-20-15)21-16(24)9-14(22-17(19)25)12-5-3-4-6-13(12)18/h3-8,10,14H,9H2,1-2H3,(H,21,24)(H3,19,22,25). The number of nitrogens with zero attached hydrogens (tertiary/aromatic N) is 2. The van der Waals surface area contributed by atoms with Crippen molar-refractivity contribution >= 4 is 23.4 Å². The summed E-state index contributed by atoms with van der Waals surface area (Å²) in [6.07, 6.45) is 1.35. The summed E-state index contributed by atoms with van der Waals surface area (Å²) in [5.74, 6) is -0.176. The first-order chi connectivity index (χ1) is 11.9. The highest BCUT2D eigenvalue weighted by molar-refractivity contribution is 5.91. The number of anilines is 2. The Bertz CT molecular complexity index is 749. The Labute approximate surface area is 145 Å². The van der Waals surface area contributed by atoms with E-state index in [1.165, 1.54) is 24.4 Å². The van der Waals surface area contributed by atoms with E-state index >= 15 is 0 Å². The summed E-state index contributed by atoms with van der Waals surface area (Å²) < 4.78 is 13.9. The van der Waals surface area contributed by atoms with Crippen molar-refractivity contribution in [1.82, 2.24) is 10.3 Å². The number of halogens is 1.